The Bertz CT molecular complexity index is 279. The van der Waals surface area contributed by atoms with E-state index >= 15 is 0 Å². The molecular formula is C11H17NO2. The Morgan fingerprint density at radius 3 is 2.86 bits per heavy atom. The summed E-state index contributed by atoms with van der Waals surface area (Å²) < 4.78 is 5.23. The van der Waals surface area contributed by atoms with E-state index in [0.717, 1.165) is 12.3 Å². The fraction of sp³-hybridized carbons (Fsp3) is 0.545. The molecule has 0 aromatic carbocycles. The van der Waals surface area contributed by atoms with E-state index in [1.807, 2.05) is 26.1 Å². The Morgan fingerprint density at radius 2 is 2.36 bits per heavy atom. The first-order chi connectivity index (χ1) is 6.59. The summed E-state index contributed by atoms with van der Waals surface area (Å²) in [6.07, 6.45) is 2.26. The Morgan fingerprint density at radius 1 is 1.64 bits per heavy atom. The maximum atomic E-state index is 10.9. The van der Waals surface area contributed by atoms with Crippen LogP contribution in [0.1, 0.15) is 26.0 Å². The molecule has 1 aromatic rings. The molecule has 1 aromatic heterocycles. The second-order valence-corrected chi connectivity index (χ2v) is 3.75. The van der Waals surface area contributed by atoms with Crippen molar-refractivity contribution in [2.75, 3.05) is 7.05 Å². The zero-order chi connectivity index (χ0) is 10.6. The van der Waals surface area contributed by atoms with Gasteiger partial charge in [0.15, 0.2) is 0 Å². The summed E-state index contributed by atoms with van der Waals surface area (Å²) in [5.74, 6) is 1.16. The summed E-state index contributed by atoms with van der Waals surface area (Å²) in [5.41, 5.74) is 0. The van der Waals surface area contributed by atoms with Crippen molar-refractivity contribution in [3.63, 3.8) is 0 Å². The molecule has 1 atom stereocenters. The summed E-state index contributed by atoms with van der Waals surface area (Å²) >= 11 is 0. The number of carbonyl (C=O) groups is 1. The minimum Gasteiger partial charge on any atom is -0.468 e. The summed E-state index contributed by atoms with van der Waals surface area (Å²) in [4.78, 5) is 13.0. The standard InChI is InChI=1S/C11H17NO2/c1-9(7-10(2)13)12(3)8-11-5-4-6-14-11/h4-6,9H,7-8H2,1-3H3. The zero-order valence-electron chi connectivity index (χ0n) is 8.99. The van der Waals surface area contributed by atoms with Gasteiger partial charge >= 0.3 is 0 Å². The fourth-order valence-corrected chi connectivity index (χ4v) is 1.38. The van der Waals surface area contributed by atoms with Gasteiger partial charge in [0.25, 0.3) is 0 Å². The van der Waals surface area contributed by atoms with E-state index in [-0.39, 0.29) is 11.8 Å². The molecule has 0 aliphatic rings. The van der Waals surface area contributed by atoms with Gasteiger partial charge in [-0.2, -0.15) is 0 Å². The second kappa shape index (κ2) is 4.96. The predicted molar refractivity (Wildman–Crippen MR) is 54.9 cm³/mol. The Kier molecular flexibility index (Phi) is 3.89. The molecule has 0 bridgehead atoms. The molecule has 0 saturated carbocycles. The SMILES string of the molecule is CC(=O)CC(C)N(C)Cc1ccco1. The first-order valence-electron chi connectivity index (χ1n) is 4.81. The molecule has 1 unspecified atom stereocenters. The van der Waals surface area contributed by atoms with Crippen LogP contribution in [-0.2, 0) is 11.3 Å². The molecule has 0 aliphatic heterocycles. The molecule has 3 nitrogen and oxygen atoms in total. The minimum absolute atomic E-state index is 0.226. The third kappa shape index (κ3) is 3.34. The fourth-order valence-electron chi connectivity index (χ4n) is 1.38. The van der Waals surface area contributed by atoms with Crippen molar-refractivity contribution in [3.8, 4) is 0 Å². The van der Waals surface area contributed by atoms with Crippen LogP contribution in [0, 0.1) is 0 Å². The first kappa shape index (κ1) is 11.0. The molecule has 1 heterocycles. The summed E-state index contributed by atoms with van der Waals surface area (Å²) in [7, 11) is 2.00. The topological polar surface area (TPSA) is 33.5 Å². The zero-order valence-corrected chi connectivity index (χ0v) is 8.99. The van der Waals surface area contributed by atoms with Crippen molar-refractivity contribution in [2.45, 2.75) is 32.9 Å². The molecule has 78 valence electrons. The van der Waals surface area contributed by atoms with Crippen molar-refractivity contribution < 1.29 is 9.21 Å². The van der Waals surface area contributed by atoms with E-state index < -0.39 is 0 Å². The number of Topliss-reactive ketones (excluding diaryl/α,β-unsaturated/α-hetero) is 1. The van der Waals surface area contributed by atoms with E-state index in [0.29, 0.717) is 6.42 Å². The lowest BCUT2D eigenvalue weighted by Gasteiger charge is -2.22. The van der Waals surface area contributed by atoms with Gasteiger partial charge in [-0.15, -0.1) is 0 Å². The number of hydrogen-bond donors (Lipinski definition) is 0. The molecule has 3 heteroatoms. The number of carbonyl (C=O) groups excluding carboxylic acids is 1. The van der Waals surface area contributed by atoms with Gasteiger partial charge in [-0.25, -0.2) is 0 Å². The molecule has 0 spiro atoms. The van der Waals surface area contributed by atoms with Gasteiger partial charge in [-0.1, -0.05) is 0 Å². The second-order valence-electron chi connectivity index (χ2n) is 3.75. The van der Waals surface area contributed by atoms with E-state index in [2.05, 4.69) is 4.90 Å². The number of furan rings is 1. The van der Waals surface area contributed by atoms with Crippen LogP contribution in [0.3, 0.4) is 0 Å². The Hall–Kier alpha value is -1.09. The van der Waals surface area contributed by atoms with E-state index in [9.17, 15) is 4.79 Å². The highest BCUT2D eigenvalue weighted by molar-refractivity contribution is 5.76. The van der Waals surface area contributed by atoms with E-state index in [1.165, 1.54) is 0 Å². The lowest BCUT2D eigenvalue weighted by atomic mass is 10.1. The van der Waals surface area contributed by atoms with Crippen LogP contribution in [0.15, 0.2) is 22.8 Å². The van der Waals surface area contributed by atoms with E-state index in [4.69, 9.17) is 4.42 Å². The summed E-state index contributed by atoms with van der Waals surface area (Å²) in [5, 5.41) is 0. The summed E-state index contributed by atoms with van der Waals surface area (Å²) in [6, 6.07) is 4.08. The molecule has 0 fully saturated rings. The van der Waals surface area contributed by atoms with Crippen LogP contribution >= 0.6 is 0 Å². The van der Waals surface area contributed by atoms with Crippen molar-refractivity contribution in [2.24, 2.45) is 0 Å². The van der Waals surface area contributed by atoms with Gasteiger partial charge in [0.1, 0.15) is 11.5 Å². The van der Waals surface area contributed by atoms with Crippen LogP contribution < -0.4 is 0 Å². The molecule has 0 amide bonds. The highest BCUT2D eigenvalue weighted by atomic mass is 16.3. The van der Waals surface area contributed by atoms with Gasteiger partial charge in [0, 0.05) is 12.5 Å². The minimum atomic E-state index is 0.226. The number of nitrogens with zero attached hydrogens (tertiary/aromatic N) is 1. The van der Waals surface area contributed by atoms with Crippen molar-refractivity contribution >= 4 is 5.78 Å². The average molecular weight is 195 g/mol. The third-order valence-corrected chi connectivity index (χ3v) is 2.32. The third-order valence-electron chi connectivity index (χ3n) is 2.32. The Balaban J connectivity index is 2.41. The van der Waals surface area contributed by atoms with Crippen LogP contribution in [-0.4, -0.2) is 23.8 Å². The molecule has 0 saturated heterocycles. The van der Waals surface area contributed by atoms with Crippen LogP contribution in [0.4, 0.5) is 0 Å². The molecule has 0 radical (unpaired) electrons. The van der Waals surface area contributed by atoms with Crippen LogP contribution in [0.25, 0.3) is 0 Å². The highest BCUT2D eigenvalue weighted by Crippen LogP contribution is 2.08. The maximum Gasteiger partial charge on any atom is 0.131 e. The van der Waals surface area contributed by atoms with Gasteiger partial charge in [-0.3, -0.25) is 9.69 Å². The number of hydrogen-bond acceptors (Lipinski definition) is 3. The normalized spacial score (nSPS) is 13.1. The molecule has 14 heavy (non-hydrogen) atoms. The largest absolute Gasteiger partial charge is 0.468 e. The summed E-state index contributed by atoms with van der Waals surface area (Å²) in [6.45, 7) is 4.42. The highest BCUT2D eigenvalue weighted by Gasteiger charge is 2.12. The average Bonchev–Trinajstić information content (AvgIpc) is 2.55. The van der Waals surface area contributed by atoms with Gasteiger partial charge < -0.3 is 4.42 Å². The molecule has 0 aliphatic carbocycles. The lowest BCUT2D eigenvalue weighted by molar-refractivity contribution is -0.118. The number of rotatable bonds is 5. The monoisotopic (exact) mass is 195 g/mol. The first-order valence-corrected chi connectivity index (χ1v) is 4.81. The smallest absolute Gasteiger partial charge is 0.131 e. The molecule has 0 N–H and O–H groups in total. The van der Waals surface area contributed by atoms with Crippen LogP contribution in [0.2, 0.25) is 0 Å². The quantitative estimate of drug-likeness (QED) is 0.721. The number of ketones is 1. The van der Waals surface area contributed by atoms with Gasteiger partial charge in [0.2, 0.25) is 0 Å². The van der Waals surface area contributed by atoms with Crippen LogP contribution in [0.5, 0.6) is 0 Å². The predicted octanol–water partition coefficient (Wildman–Crippen LogP) is 2.08. The maximum absolute atomic E-state index is 10.9. The Labute approximate surface area is 84.7 Å². The molecule has 1 rings (SSSR count). The van der Waals surface area contributed by atoms with Gasteiger partial charge in [0.05, 0.1) is 12.8 Å². The lowest BCUT2D eigenvalue weighted by Crippen LogP contribution is -2.29. The van der Waals surface area contributed by atoms with Crippen molar-refractivity contribution in [1.82, 2.24) is 4.90 Å². The van der Waals surface area contributed by atoms with Crippen molar-refractivity contribution in [3.05, 3.63) is 24.2 Å². The van der Waals surface area contributed by atoms with Gasteiger partial charge in [-0.05, 0) is 33.0 Å². The molecular weight excluding hydrogens is 178 g/mol. The van der Waals surface area contributed by atoms with Crippen molar-refractivity contribution in [1.29, 1.82) is 0 Å². The van der Waals surface area contributed by atoms with E-state index in [1.54, 1.807) is 13.2 Å².